The number of amides is 1. The molecule has 0 radical (unpaired) electrons. The van der Waals surface area contributed by atoms with Gasteiger partial charge in [-0.3, -0.25) is 4.79 Å². The second kappa shape index (κ2) is 8.18. The van der Waals surface area contributed by atoms with Gasteiger partial charge in [-0.1, -0.05) is 25.1 Å². The van der Waals surface area contributed by atoms with Crippen LogP contribution in [0.3, 0.4) is 0 Å². The van der Waals surface area contributed by atoms with Crippen molar-refractivity contribution in [1.82, 2.24) is 4.90 Å². The summed E-state index contributed by atoms with van der Waals surface area (Å²) in [5.74, 6) is 1.60. The fraction of sp³-hybridized carbons (Fsp3) is 0.611. The molecule has 1 aliphatic heterocycles. The Morgan fingerprint density at radius 1 is 1.41 bits per heavy atom. The molecule has 0 bridgehead atoms. The van der Waals surface area contributed by atoms with Crippen LogP contribution in [-0.2, 0) is 11.2 Å². The van der Waals surface area contributed by atoms with E-state index in [4.69, 9.17) is 10.5 Å². The molecule has 1 heterocycles. The zero-order valence-corrected chi connectivity index (χ0v) is 13.8. The molecule has 2 rings (SSSR count). The predicted octanol–water partition coefficient (Wildman–Crippen LogP) is 2.60. The highest BCUT2D eigenvalue weighted by Crippen LogP contribution is 2.25. The lowest BCUT2D eigenvalue weighted by molar-refractivity contribution is -0.136. The Hall–Kier alpha value is -1.55. The number of carbonyl (C=O) groups is 1. The van der Waals surface area contributed by atoms with Crippen molar-refractivity contribution in [2.45, 2.75) is 45.6 Å². The zero-order chi connectivity index (χ0) is 15.9. The van der Waals surface area contributed by atoms with Crippen LogP contribution >= 0.6 is 0 Å². The summed E-state index contributed by atoms with van der Waals surface area (Å²) < 4.78 is 5.63. The van der Waals surface area contributed by atoms with Crippen LogP contribution in [-0.4, -0.2) is 36.5 Å². The lowest BCUT2D eigenvalue weighted by Crippen LogP contribution is -2.51. The highest BCUT2D eigenvalue weighted by Gasteiger charge is 2.30. The van der Waals surface area contributed by atoms with Crippen molar-refractivity contribution in [2.75, 3.05) is 19.7 Å². The average Bonchev–Trinajstić information content (AvgIpc) is 2.53. The Morgan fingerprint density at radius 2 is 2.18 bits per heavy atom. The van der Waals surface area contributed by atoms with E-state index in [2.05, 4.69) is 6.92 Å². The van der Waals surface area contributed by atoms with Crippen molar-refractivity contribution in [3.05, 3.63) is 29.8 Å². The molecule has 0 aromatic heterocycles. The number of hydrogen-bond donors (Lipinski definition) is 1. The summed E-state index contributed by atoms with van der Waals surface area (Å²) in [6, 6.07) is 8.16. The molecule has 1 amide bonds. The normalized spacial score (nSPS) is 21.7. The van der Waals surface area contributed by atoms with Crippen LogP contribution in [0.15, 0.2) is 24.3 Å². The highest BCUT2D eigenvalue weighted by atomic mass is 16.5. The second-order valence-corrected chi connectivity index (χ2v) is 6.05. The summed E-state index contributed by atoms with van der Waals surface area (Å²) in [5, 5.41) is 0. The molecule has 1 aromatic rings. The number of para-hydroxylation sites is 1. The summed E-state index contributed by atoms with van der Waals surface area (Å²) in [7, 11) is 0. The average molecular weight is 304 g/mol. The van der Waals surface area contributed by atoms with Crippen molar-refractivity contribution >= 4 is 5.91 Å². The molecule has 0 saturated carbocycles. The predicted molar refractivity (Wildman–Crippen MR) is 88.9 cm³/mol. The first-order valence-electron chi connectivity index (χ1n) is 8.37. The first-order chi connectivity index (χ1) is 10.7. The number of ether oxygens (including phenoxy) is 1. The minimum Gasteiger partial charge on any atom is -0.494 e. The van der Waals surface area contributed by atoms with E-state index < -0.39 is 0 Å². The van der Waals surface area contributed by atoms with E-state index in [1.807, 2.05) is 36.1 Å². The Labute approximate surface area is 133 Å². The summed E-state index contributed by atoms with van der Waals surface area (Å²) >= 11 is 0. The van der Waals surface area contributed by atoms with E-state index in [1.54, 1.807) is 0 Å². The zero-order valence-electron chi connectivity index (χ0n) is 13.8. The van der Waals surface area contributed by atoms with Gasteiger partial charge in [0, 0.05) is 25.6 Å². The molecule has 1 aromatic carbocycles. The van der Waals surface area contributed by atoms with Crippen molar-refractivity contribution < 1.29 is 9.53 Å². The molecular formula is C18H28N2O2. The third kappa shape index (κ3) is 4.01. The molecule has 4 nitrogen and oxygen atoms in total. The van der Waals surface area contributed by atoms with Crippen molar-refractivity contribution in [1.29, 1.82) is 0 Å². The lowest BCUT2D eigenvalue weighted by Gasteiger charge is -2.39. The fourth-order valence-electron chi connectivity index (χ4n) is 3.31. The number of nitrogens with two attached hydrogens (primary N) is 1. The molecule has 2 atom stereocenters. The molecule has 122 valence electrons. The molecule has 0 spiro atoms. The molecule has 2 N–H and O–H groups in total. The number of nitrogens with zero attached hydrogens (tertiary/aromatic N) is 1. The van der Waals surface area contributed by atoms with Gasteiger partial charge in [0.2, 0.25) is 5.91 Å². The van der Waals surface area contributed by atoms with Crippen LogP contribution in [0.2, 0.25) is 0 Å². The number of rotatable bonds is 6. The molecule has 22 heavy (non-hydrogen) atoms. The maximum Gasteiger partial charge on any atom is 0.223 e. The lowest BCUT2D eigenvalue weighted by atomic mass is 9.90. The number of hydrogen-bond acceptors (Lipinski definition) is 3. The molecule has 4 heteroatoms. The summed E-state index contributed by atoms with van der Waals surface area (Å²) in [4.78, 5) is 14.6. The molecular weight excluding hydrogens is 276 g/mol. The minimum absolute atomic E-state index is 0.198. The van der Waals surface area contributed by atoms with Gasteiger partial charge in [-0.05, 0) is 43.7 Å². The van der Waals surface area contributed by atoms with Crippen LogP contribution < -0.4 is 10.5 Å². The van der Waals surface area contributed by atoms with Crippen LogP contribution in [0.5, 0.6) is 5.75 Å². The van der Waals surface area contributed by atoms with E-state index >= 15 is 0 Å². The number of piperidine rings is 1. The van der Waals surface area contributed by atoms with Gasteiger partial charge in [0.15, 0.2) is 0 Å². The van der Waals surface area contributed by atoms with Gasteiger partial charge in [0.1, 0.15) is 5.75 Å². The number of aryl methyl sites for hydroxylation is 1. The Balaban J connectivity index is 1.97. The van der Waals surface area contributed by atoms with Gasteiger partial charge in [0.05, 0.1) is 6.61 Å². The van der Waals surface area contributed by atoms with Crippen LogP contribution in [0.1, 0.15) is 38.7 Å². The van der Waals surface area contributed by atoms with Crippen LogP contribution in [0.25, 0.3) is 0 Å². The largest absolute Gasteiger partial charge is 0.494 e. The van der Waals surface area contributed by atoms with Crippen molar-refractivity contribution in [2.24, 2.45) is 11.7 Å². The molecule has 1 aliphatic rings. The Morgan fingerprint density at radius 3 is 2.91 bits per heavy atom. The Kier molecular flexibility index (Phi) is 6.25. The summed E-state index contributed by atoms with van der Waals surface area (Å²) in [6.45, 7) is 6.22. The maximum absolute atomic E-state index is 12.6. The summed E-state index contributed by atoms with van der Waals surface area (Å²) in [5.41, 5.74) is 6.98. The highest BCUT2D eigenvalue weighted by molar-refractivity contribution is 5.77. The standard InChI is InChI=1S/C18H28N2O2/c1-3-22-17-9-5-4-8-15(17)10-11-18(21)20-12-6-7-14(2)16(20)13-19/h4-5,8-9,14,16H,3,6-7,10-13,19H2,1-2H3/t14-,16+/m1/s1. The van der Waals surface area contributed by atoms with E-state index in [-0.39, 0.29) is 11.9 Å². The van der Waals surface area contributed by atoms with E-state index in [1.165, 1.54) is 6.42 Å². The number of likely N-dealkylation sites (tertiary alicyclic amines) is 1. The van der Waals surface area contributed by atoms with Gasteiger partial charge in [-0.2, -0.15) is 0 Å². The van der Waals surface area contributed by atoms with E-state index in [9.17, 15) is 4.79 Å². The molecule has 0 aliphatic carbocycles. The molecule has 1 fully saturated rings. The van der Waals surface area contributed by atoms with Gasteiger partial charge < -0.3 is 15.4 Å². The Bertz CT molecular complexity index is 490. The smallest absolute Gasteiger partial charge is 0.223 e. The quantitative estimate of drug-likeness (QED) is 0.879. The van der Waals surface area contributed by atoms with Crippen molar-refractivity contribution in [3.63, 3.8) is 0 Å². The van der Waals surface area contributed by atoms with E-state index in [0.29, 0.717) is 25.5 Å². The van der Waals surface area contributed by atoms with Gasteiger partial charge in [-0.25, -0.2) is 0 Å². The van der Waals surface area contributed by atoms with Gasteiger partial charge >= 0.3 is 0 Å². The number of benzene rings is 1. The maximum atomic E-state index is 12.6. The van der Waals surface area contributed by atoms with Gasteiger partial charge in [0.25, 0.3) is 0 Å². The van der Waals surface area contributed by atoms with E-state index in [0.717, 1.165) is 30.7 Å². The van der Waals surface area contributed by atoms with Crippen LogP contribution in [0, 0.1) is 5.92 Å². The van der Waals surface area contributed by atoms with Crippen LogP contribution in [0.4, 0.5) is 0 Å². The van der Waals surface area contributed by atoms with Crippen molar-refractivity contribution in [3.8, 4) is 5.75 Å². The summed E-state index contributed by atoms with van der Waals surface area (Å²) in [6.07, 6.45) is 3.49. The first kappa shape index (κ1) is 16.8. The third-order valence-electron chi connectivity index (χ3n) is 4.56. The number of carbonyl (C=O) groups excluding carboxylic acids is 1. The topological polar surface area (TPSA) is 55.6 Å². The molecule has 1 saturated heterocycles. The van der Waals surface area contributed by atoms with Gasteiger partial charge in [-0.15, -0.1) is 0 Å². The second-order valence-electron chi connectivity index (χ2n) is 6.05. The molecule has 0 unspecified atom stereocenters. The fourth-order valence-corrected chi connectivity index (χ4v) is 3.31. The first-order valence-corrected chi connectivity index (χ1v) is 8.37. The third-order valence-corrected chi connectivity index (χ3v) is 4.56. The monoisotopic (exact) mass is 304 g/mol. The minimum atomic E-state index is 0.198. The SMILES string of the molecule is CCOc1ccccc1CCC(=O)N1CCC[C@@H](C)[C@@H]1CN.